The second-order valence-corrected chi connectivity index (χ2v) is 3.05. The fourth-order valence-electron chi connectivity index (χ4n) is 0.997. The maximum atomic E-state index is 12.9. The predicted octanol–water partition coefficient (Wildman–Crippen LogP) is 2.02. The fourth-order valence-corrected chi connectivity index (χ4v) is 1.26. The maximum Gasteiger partial charge on any atom is 0.178 e. The molecule has 0 saturated carbocycles. The van der Waals surface area contributed by atoms with E-state index in [0.717, 1.165) is 6.07 Å². The van der Waals surface area contributed by atoms with Gasteiger partial charge in [0.2, 0.25) is 0 Å². The molecule has 0 aromatic heterocycles. The smallest absolute Gasteiger partial charge is 0.178 e. The van der Waals surface area contributed by atoms with Gasteiger partial charge in [0, 0.05) is 5.56 Å². The number of carbonyl (C=O) groups excluding carboxylic acids is 1. The van der Waals surface area contributed by atoms with Gasteiger partial charge in [0.15, 0.2) is 17.4 Å². The van der Waals surface area contributed by atoms with Crippen molar-refractivity contribution in [1.82, 2.24) is 5.32 Å². The summed E-state index contributed by atoms with van der Waals surface area (Å²) in [5.41, 5.74) is -0.0140. The van der Waals surface area contributed by atoms with E-state index in [1.54, 1.807) is 7.05 Å². The van der Waals surface area contributed by atoms with E-state index in [1.807, 2.05) is 0 Å². The molecule has 0 radical (unpaired) electrons. The molecule has 5 heteroatoms. The molecule has 0 atom stereocenters. The molecule has 1 aromatic carbocycles. The quantitative estimate of drug-likeness (QED) is 0.623. The lowest BCUT2D eigenvalue weighted by Gasteiger charge is -2.04. The van der Waals surface area contributed by atoms with Gasteiger partial charge >= 0.3 is 0 Å². The minimum absolute atomic E-state index is 0.0140. The van der Waals surface area contributed by atoms with Crippen LogP contribution in [0.3, 0.4) is 0 Å². The van der Waals surface area contributed by atoms with Gasteiger partial charge in [-0.1, -0.05) is 11.6 Å². The van der Waals surface area contributed by atoms with E-state index in [0.29, 0.717) is 0 Å². The van der Waals surface area contributed by atoms with Crippen LogP contribution in [-0.4, -0.2) is 19.4 Å². The summed E-state index contributed by atoms with van der Waals surface area (Å²) in [6.45, 7) is 0.0325. The summed E-state index contributed by atoms with van der Waals surface area (Å²) in [6, 6.07) is 2.05. The Hall–Kier alpha value is -1.00. The molecule has 0 aliphatic rings. The summed E-state index contributed by atoms with van der Waals surface area (Å²) in [5, 5.41) is 2.14. The van der Waals surface area contributed by atoms with Gasteiger partial charge in [0.05, 0.1) is 11.6 Å². The Kier molecular flexibility index (Phi) is 3.55. The third-order valence-corrected chi connectivity index (χ3v) is 2.04. The highest BCUT2D eigenvalue weighted by molar-refractivity contribution is 6.34. The monoisotopic (exact) mass is 219 g/mol. The van der Waals surface area contributed by atoms with Crippen molar-refractivity contribution in [2.24, 2.45) is 0 Å². The highest BCUT2D eigenvalue weighted by Gasteiger charge is 2.16. The molecule has 14 heavy (non-hydrogen) atoms. The zero-order valence-corrected chi connectivity index (χ0v) is 8.16. The third-order valence-electron chi connectivity index (χ3n) is 1.67. The average Bonchev–Trinajstić information content (AvgIpc) is 2.15. The van der Waals surface area contributed by atoms with Crippen LogP contribution in [0.4, 0.5) is 8.78 Å². The summed E-state index contributed by atoms with van der Waals surface area (Å²) in [7, 11) is 1.58. The molecule has 1 rings (SSSR count). The van der Waals surface area contributed by atoms with Crippen molar-refractivity contribution >= 4 is 17.4 Å². The van der Waals surface area contributed by atoms with Crippen molar-refractivity contribution in [3.05, 3.63) is 34.4 Å². The molecule has 0 heterocycles. The molecular weight excluding hydrogens is 212 g/mol. The summed E-state index contributed by atoms with van der Waals surface area (Å²) < 4.78 is 25.5. The van der Waals surface area contributed by atoms with Crippen molar-refractivity contribution in [2.45, 2.75) is 0 Å². The molecule has 0 saturated heterocycles. The van der Waals surface area contributed by atoms with Crippen LogP contribution in [0.15, 0.2) is 12.1 Å². The second-order valence-electron chi connectivity index (χ2n) is 2.68. The normalized spacial score (nSPS) is 10.3. The van der Waals surface area contributed by atoms with Gasteiger partial charge in [-0.25, -0.2) is 8.78 Å². The topological polar surface area (TPSA) is 29.1 Å². The molecule has 0 amide bonds. The number of Topliss-reactive ketones (excluding diaryl/α,β-unsaturated/α-hetero) is 1. The number of ketones is 1. The Morgan fingerprint density at radius 2 is 2.14 bits per heavy atom. The molecule has 0 aliphatic heterocycles. The first-order valence-corrected chi connectivity index (χ1v) is 4.27. The van der Waals surface area contributed by atoms with E-state index in [2.05, 4.69) is 5.32 Å². The van der Waals surface area contributed by atoms with Gasteiger partial charge in [-0.15, -0.1) is 0 Å². The number of hydrogen-bond acceptors (Lipinski definition) is 2. The highest BCUT2D eigenvalue weighted by atomic mass is 35.5. The second kappa shape index (κ2) is 4.48. The highest BCUT2D eigenvalue weighted by Crippen LogP contribution is 2.22. The van der Waals surface area contributed by atoms with E-state index in [1.165, 1.54) is 6.07 Å². The lowest BCUT2D eigenvalue weighted by Crippen LogP contribution is -2.19. The Morgan fingerprint density at radius 3 is 2.71 bits per heavy atom. The third kappa shape index (κ3) is 2.08. The summed E-state index contributed by atoms with van der Waals surface area (Å²) >= 11 is 5.47. The molecule has 0 spiro atoms. The number of hydrogen-bond donors (Lipinski definition) is 1. The molecule has 1 aromatic rings. The van der Waals surface area contributed by atoms with Crippen LogP contribution in [0.25, 0.3) is 0 Å². The Labute approximate surface area is 84.9 Å². The fraction of sp³-hybridized carbons (Fsp3) is 0.222. The van der Waals surface area contributed by atoms with Crippen molar-refractivity contribution in [2.75, 3.05) is 13.6 Å². The van der Waals surface area contributed by atoms with Crippen LogP contribution < -0.4 is 5.32 Å². The number of carbonyl (C=O) groups is 1. The molecule has 1 N–H and O–H groups in total. The van der Waals surface area contributed by atoms with Crippen LogP contribution in [0.2, 0.25) is 5.02 Å². The summed E-state index contributed by atoms with van der Waals surface area (Å²) in [4.78, 5) is 11.3. The van der Waals surface area contributed by atoms with Crippen LogP contribution >= 0.6 is 11.6 Å². The van der Waals surface area contributed by atoms with Crippen molar-refractivity contribution in [3.63, 3.8) is 0 Å². The molecule has 2 nitrogen and oxygen atoms in total. The van der Waals surface area contributed by atoms with Gasteiger partial charge in [0.25, 0.3) is 0 Å². The van der Waals surface area contributed by atoms with E-state index in [-0.39, 0.29) is 17.9 Å². The molecule has 0 fully saturated rings. The average molecular weight is 220 g/mol. The van der Waals surface area contributed by atoms with Gasteiger partial charge in [-0.3, -0.25) is 4.79 Å². The summed E-state index contributed by atoms with van der Waals surface area (Å²) in [5.74, 6) is -2.62. The van der Waals surface area contributed by atoms with Gasteiger partial charge in [-0.05, 0) is 19.2 Å². The number of likely N-dealkylation sites (N-methyl/N-ethyl adjacent to an activating group) is 1. The number of nitrogens with one attached hydrogen (secondary N) is 1. The summed E-state index contributed by atoms with van der Waals surface area (Å²) in [6.07, 6.45) is 0. The van der Waals surface area contributed by atoms with Crippen LogP contribution in [0.5, 0.6) is 0 Å². The van der Waals surface area contributed by atoms with Crippen molar-refractivity contribution in [3.8, 4) is 0 Å². The Balaban J connectivity index is 3.11. The van der Waals surface area contributed by atoms with E-state index in [9.17, 15) is 13.6 Å². The molecular formula is C9H8ClF2NO. The predicted molar refractivity (Wildman–Crippen MR) is 49.6 cm³/mol. The zero-order chi connectivity index (χ0) is 10.7. The maximum absolute atomic E-state index is 12.9. The van der Waals surface area contributed by atoms with Gasteiger partial charge < -0.3 is 5.32 Å². The molecule has 0 aliphatic carbocycles. The standard InChI is InChI=1S/C9H8ClF2NO/c1-13-4-7(14)5-2-3-6(11)9(12)8(5)10/h2-3,13H,4H2,1H3. The van der Waals surface area contributed by atoms with Crippen molar-refractivity contribution in [1.29, 1.82) is 0 Å². The first-order valence-electron chi connectivity index (χ1n) is 3.89. The lowest BCUT2D eigenvalue weighted by molar-refractivity contribution is 0.0993. The zero-order valence-electron chi connectivity index (χ0n) is 7.40. The minimum Gasteiger partial charge on any atom is -0.313 e. The number of rotatable bonds is 3. The van der Waals surface area contributed by atoms with E-state index < -0.39 is 16.7 Å². The first kappa shape index (κ1) is 11.1. The molecule has 76 valence electrons. The van der Waals surface area contributed by atoms with Crippen LogP contribution in [0.1, 0.15) is 10.4 Å². The number of benzene rings is 1. The minimum atomic E-state index is -1.19. The molecule has 0 unspecified atom stereocenters. The molecule has 0 bridgehead atoms. The van der Waals surface area contributed by atoms with Gasteiger partial charge in [-0.2, -0.15) is 0 Å². The van der Waals surface area contributed by atoms with E-state index >= 15 is 0 Å². The van der Waals surface area contributed by atoms with Crippen LogP contribution in [0, 0.1) is 11.6 Å². The first-order chi connectivity index (χ1) is 6.57. The lowest BCUT2D eigenvalue weighted by atomic mass is 10.1. The van der Waals surface area contributed by atoms with E-state index in [4.69, 9.17) is 11.6 Å². The Morgan fingerprint density at radius 1 is 1.50 bits per heavy atom. The largest absolute Gasteiger partial charge is 0.313 e. The van der Waals surface area contributed by atoms with Gasteiger partial charge in [0.1, 0.15) is 0 Å². The number of halogens is 3. The SMILES string of the molecule is CNCC(=O)c1ccc(F)c(F)c1Cl. The Bertz CT molecular complexity index is 368. The van der Waals surface area contributed by atoms with Crippen molar-refractivity contribution < 1.29 is 13.6 Å². The van der Waals surface area contributed by atoms with Crippen LogP contribution in [-0.2, 0) is 0 Å².